The fourth-order valence-corrected chi connectivity index (χ4v) is 8.06. The molecule has 51 heavy (non-hydrogen) atoms. The van der Waals surface area contributed by atoms with E-state index in [0.29, 0.717) is 56.8 Å². The highest BCUT2D eigenvalue weighted by molar-refractivity contribution is 6.09. The lowest BCUT2D eigenvalue weighted by Crippen LogP contribution is -2.76. The van der Waals surface area contributed by atoms with Crippen LogP contribution in [-0.4, -0.2) is 50.4 Å². The van der Waals surface area contributed by atoms with E-state index in [9.17, 15) is 23.2 Å². The third kappa shape index (κ3) is 6.06. The molecule has 1 unspecified atom stereocenters. The highest BCUT2D eigenvalue weighted by atomic mass is 19.2. The first kappa shape index (κ1) is 34.4. The molecule has 3 saturated carbocycles. The number of benzene rings is 2. The van der Waals surface area contributed by atoms with Crippen molar-refractivity contribution < 1.29 is 32.6 Å². The highest BCUT2D eigenvalue weighted by Crippen LogP contribution is 2.71. The lowest BCUT2D eigenvalue weighted by Gasteiger charge is -2.72. The van der Waals surface area contributed by atoms with Gasteiger partial charge in [-0.1, -0.05) is 26.0 Å². The average Bonchev–Trinajstić information content (AvgIpc) is 3.42. The molecule has 11 nitrogen and oxygen atoms in total. The second kappa shape index (κ2) is 12.0. The van der Waals surface area contributed by atoms with Crippen molar-refractivity contribution >= 4 is 34.6 Å². The summed E-state index contributed by atoms with van der Waals surface area (Å²) in [7, 11) is 0. The molecule has 3 amide bonds. The molecule has 268 valence electrons. The molecule has 1 aliphatic heterocycles. The van der Waals surface area contributed by atoms with Gasteiger partial charge in [-0.25, -0.2) is 23.2 Å². The van der Waals surface area contributed by atoms with Crippen LogP contribution in [0.2, 0.25) is 0 Å². The SMILES string of the molecule is CC(C)Cc1nc2c(cnn2C(C)C23CC(NC(=O)OC(C)(C)C)(C2)C3)c(-c2ccc3c(c2)OCC(=O)N3Cc2ccc(F)c(F)c2)c1C(N)=O. The van der Waals surface area contributed by atoms with Gasteiger partial charge in [-0.3, -0.25) is 9.59 Å². The van der Waals surface area contributed by atoms with Crippen LogP contribution in [0.15, 0.2) is 42.6 Å². The first-order valence-electron chi connectivity index (χ1n) is 17.2. The van der Waals surface area contributed by atoms with E-state index in [2.05, 4.69) is 12.2 Å². The number of halogens is 2. The summed E-state index contributed by atoms with van der Waals surface area (Å²) >= 11 is 0. The highest BCUT2D eigenvalue weighted by Gasteiger charge is 2.71. The van der Waals surface area contributed by atoms with Gasteiger partial charge in [-0.2, -0.15) is 5.10 Å². The number of ether oxygens (including phenoxy) is 2. The van der Waals surface area contributed by atoms with E-state index in [1.54, 1.807) is 24.4 Å². The van der Waals surface area contributed by atoms with Crippen LogP contribution < -0.4 is 20.7 Å². The fraction of sp³-hybridized carbons (Fsp3) is 0.447. The first-order valence-corrected chi connectivity index (χ1v) is 17.2. The third-order valence-electron chi connectivity index (χ3n) is 10.3. The van der Waals surface area contributed by atoms with Gasteiger partial charge in [0.2, 0.25) is 0 Å². The van der Waals surface area contributed by atoms with Crippen molar-refractivity contribution in [3.63, 3.8) is 0 Å². The lowest BCUT2D eigenvalue weighted by atomic mass is 9.37. The molecule has 3 N–H and O–H groups in total. The minimum Gasteiger partial charge on any atom is -0.482 e. The Labute approximate surface area is 294 Å². The van der Waals surface area contributed by atoms with Gasteiger partial charge in [0.15, 0.2) is 23.9 Å². The Morgan fingerprint density at radius 3 is 2.45 bits per heavy atom. The van der Waals surface area contributed by atoms with E-state index < -0.39 is 29.2 Å². The molecule has 0 spiro atoms. The molecular formula is C38H42F2N6O5. The third-order valence-corrected chi connectivity index (χ3v) is 10.3. The Morgan fingerprint density at radius 1 is 1.08 bits per heavy atom. The van der Waals surface area contributed by atoms with Gasteiger partial charge in [0.1, 0.15) is 11.4 Å². The Balaban J connectivity index is 1.25. The zero-order valence-electron chi connectivity index (χ0n) is 29.6. The van der Waals surface area contributed by atoms with Crippen molar-refractivity contribution in [3.8, 4) is 16.9 Å². The van der Waals surface area contributed by atoms with Crippen LogP contribution in [0.1, 0.15) is 88.5 Å². The van der Waals surface area contributed by atoms with Gasteiger partial charge in [-0.15, -0.1) is 0 Å². The van der Waals surface area contributed by atoms with Gasteiger partial charge in [0, 0.05) is 16.5 Å². The summed E-state index contributed by atoms with van der Waals surface area (Å²) in [5.74, 6) is -2.38. The molecule has 3 fully saturated rings. The Kier molecular flexibility index (Phi) is 8.10. The summed E-state index contributed by atoms with van der Waals surface area (Å²) < 4.78 is 40.9. The van der Waals surface area contributed by atoms with Crippen molar-refractivity contribution in [2.24, 2.45) is 17.1 Å². The zero-order valence-corrected chi connectivity index (χ0v) is 29.6. The number of rotatable bonds is 9. The maximum Gasteiger partial charge on any atom is 0.408 e. The second-order valence-electron chi connectivity index (χ2n) is 15.8. The van der Waals surface area contributed by atoms with Gasteiger partial charge >= 0.3 is 6.09 Å². The number of pyridine rings is 1. The topological polar surface area (TPSA) is 142 Å². The van der Waals surface area contributed by atoms with Crippen molar-refractivity contribution in [1.82, 2.24) is 20.1 Å². The zero-order chi connectivity index (χ0) is 36.6. The summed E-state index contributed by atoms with van der Waals surface area (Å²) in [5.41, 5.74) is 8.65. The summed E-state index contributed by atoms with van der Waals surface area (Å²) in [6, 6.07) is 8.72. The van der Waals surface area contributed by atoms with Gasteiger partial charge in [-0.05, 0) is 100 Å². The average molecular weight is 701 g/mol. The van der Waals surface area contributed by atoms with Crippen molar-refractivity contribution in [2.75, 3.05) is 11.5 Å². The largest absolute Gasteiger partial charge is 0.482 e. The number of amides is 3. The number of carbonyl (C=O) groups excluding carboxylic acids is 3. The van der Waals surface area contributed by atoms with E-state index in [1.165, 1.54) is 11.0 Å². The monoisotopic (exact) mass is 700 g/mol. The predicted octanol–water partition coefficient (Wildman–Crippen LogP) is 6.61. The number of hydrogen-bond donors (Lipinski definition) is 2. The minimum absolute atomic E-state index is 0.0112. The van der Waals surface area contributed by atoms with Gasteiger partial charge < -0.3 is 25.4 Å². The van der Waals surface area contributed by atoms with Crippen LogP contribution in [0.5, 0.6) is 5.75 Å². The molecule has 2 aromatic carbocycles. The molecule has 4 aromatic rings. The van der Waals surface area contributed by atoms with E-state index in [4.69, 9.17) is 25.3 Å². The number of nitrogens with zero attached hydrogens (tertiary/aromatic N) is 4. The number of nitrogens with one attached hydrogen (secondary N) is 1. The molecule has 3 heterocycles. The van der Waals surface area contributed by atoms with Crippen LogP contribution >= 0.6 is 0 Å². The Bertz CT molecular complexity index is 2080. The molecule has 8 rings (SSSR count). The quantitative estimate of drug-likeness (QED) is 0.200. The molecule has 2 aromatic heterocycles. The summed E-state index contributed by atoms with van der Waals surface area (Å²) in [6.07, 6.45) is 4.15. The van der Waals surface area contributed by atoms with Crippen LogP contribution in [0.25, 0.3) is 22.2 Å². The minimum atomic E-state index is -0.998. The standard InChI is InChI=1S/C38H42F2N6O5/c1-20(2)11-27-32(33(41)48)31(23-8-10-28-29(13-23)50-16-30(47)45(28)15-22-7-9-25(39)26(40)12-22)24-14-42-46(34(24)43-27)21(3)37-17-38(18-37,19-37)44-35(49)51-36(4,5)6/h7-10,12-14,20-21H,11,15-19H2,1-6H3,(H2,41,48)(H,44,49). The van der Waals surface area contributed by atoms with E-state index in [1.807, 2.05) is 39.3 Å². The van der Waals surface area contributed by atoms with Crippen LogP contribution in [0.3, 0.4) is 0 Å². The maximum absolute atomic E-state index is 14.0. The molecular weight excluding hydrogens is 658 g/mol. The number of anilines is 1. The number of nitrogens with two attached hydrogens (primary N) is 1. The summed E-state index contributed by atoms with van der Waals surface area (Å²) in [6.45, 7) is 11.5. The van der Waals surface area contributed by atoms with E-state index in [-0.39, 0.29) is 42.0 Å². The van der Waals surface area contributed by atoms with Gasteiger partial charge in [0.05, 0.1) is 35.7 Å². The molecule has 0 saturated heterocycles. The van der Waals surface area contributed by atoms with E-state index in [0.717, 1.165) is 31.4 Å². The van der Waals surface area contributed by atoms with E-state index >= 15 is 0 Å². The number of primary amides is 1. The molecule has 13 heteroatoms. The molecule has 4 aliphatic rings. The van der Waals surface area contributed by atoms with Gasteiger partial charge in [0.25, 0.3) is 11.8 Å². The number of alkyl carbamates (subject to hydrolysis) is 1. The summed E-state index contributed by atoms with van der Waals surface area (Å²) in [5, 5.41) is 8.55. The second-order valence-corrected chi connectivity index (χ2v) is 15.8. The molecule has 3 aliphatic carbocycles. The van der Waals surface area contributed by atoms with Crippen LogP contribution in [0, 0.1) is 23.0 Å². The Hall–Kier alpha value is -5.07. The Morgan fingerprint density at radius 2 is 1.80 bits per heavy atom. The summed E-state index contributed by atoms with van der Waals surface area (Å²) in [4.78, 5) is 45.2. The lowest BCUT2D eigenvalue weighted by molar-refractivity contribution is -0.180. The fourth-order valence-electron chi connectivity index (χ4n) is 8.06. The van der Waals surface area contributed by atoms with Crippen LogP contribution in [0.4, 0.5) is 19.3 Å². The molecule has 1 atom stereocenters. The number of carbonyl (C=O) groups is 3. The number of hydrogen-bond acceptors (Lipinski definition) is 7. The van der Waals surface area contributed by atoms with Crippen LogP contribution in [-0.2, 0) is 22.5 Å². The maximum atomic E-state index is 14.0. The normalized spacial score (nSPS) is 21.4. The van der Waals surface area contributed by atoms with Crippen molar-refractivity contribution in [1.29, 1.82) is 0 Å². The predicted molar refractivity (Wildman–Crippen MR) is 186 cm³/mol. The number of fused-ring (bicyclic) bond motifs is 2. The number of aromatic nitrogens is 3. The first-order chi connectivity index (χ1) is 24.0. The smallest absolute Gasteiger partial charge is 0.408 e. The van der Waals surface area contributed by atoms with Crippen molar-refractivity contribution in [3.05, 3.63) is 71.1 Å². The molecule has 0 radical (unpaired) electrons. The molecule has 2 bridgehead atoms. The van der Waals surface area contributed by atoms with Crippen molar-refractivity contribution in [2.45, 2.75) is 91.0 Å².